The standard InChI is InChI=1S/C7H10N2O/c1-4-2-3-5-6(4)7(10)9-8-5/h4H,2-3H2,1H3,(H2,8,9,10). The number of H-pyrrole nitrogens is 2. The lowest BCUT2D eigenvalue weighted by atomic mass is 10.1. The predicted octanol–water partition coefficient (Wildman–Crippen LogP) is 0.753. The monoisotopic (exact) mass is 138 g/mol. The molecule has 0 bridgehead atoms. The lowest BCUT2D eigenvalue weighted by molar-refractivity contribution is 0.728. The van der Waals surface area contributed by atoms with Gasteiger partial charge in [0.15, 0.2) is 0 Å². The zero-order valence-electron chi connectivity index (χ0n) is 5.90. The van der Waals surface area contributed by atoms with Crippen molar-refractivity contribution in [3.8, 4) is 0 Å². The number of aryl methyl sites for hydroxylation is 1. The van der Waals surface area contributed by atoms with Gasteiger partial charge in [0, 0.05) is 11.3 Å². The molecule has 1 aliphatic carbocycles. The molecule has 0 saturated carbocycles. The van der Waals surface area contributed by atoms with Crippen LogP contribution in [0.15, 0.2) is 4.79 Å². The zero-order chi connectivity index (χ0) is 7.14. The third-order valence-corrected chi connectivity index (χ3v) is 2.22. The van der Waals surface area contributed by atoms with Gasteiger partial charge < -0.3 is 5.10 Å². The average Bonchev–Trinajstić information content (AvgIpc) is 2.40. The number of nitrogens with one attached hydrogen (secondary N) is 2. The maximum atomic E-state index is 11.0. The summed E-state index contributed by atoms with van der Waals surface area (Å²) in [4.78, 5) is 11.0. The van der Waals surface area contributed by atoms with Gasteiger partial charge in [-0.1, -0.05) is 6.92 Å². The Morgan fingerprint density at radius 3 is 3.00 bits per heavy atom. The predicted molar refractivity (Wildman–Crippen MR) is 38.1 cm³/mol. The fraction of sp³-hybridized carbons (Fsp3) is 0.571. The highest BCUT2D eigenvalue weighted by atomic mass is 16.1. The molecule has 1 aliphatic rings. The van der Waals surface area contributed by atoms with Crippen molar-refractivity contribution in [2.24, 2.45) is 0 Å². The fourth-order valence-corrected chi connectivity index (χ4v) is 1.63. The molecule has 2 rings (SSSR count). The highest BCUT2D eigenvalue weighted by molar-refractivity contribution is 5.25. The molecule has 1 aromatic heterocycles. The summed E-state index contributed by atoms with van der Waals surface area (Å²) in [5.74, 6) is 0.449. The van der Waals surface area contributed by atoms with Crippen molar-refractivity contribution in [2.45, 2.75) is 25.7 Å². The molecule has 54 valence electrons. The van der Waals surface area contributed by atoms with E-state index in [1.165, 1.54) is 0 Å². The van der Waals surface area contributed by atoms with E-state index in [0.29, 0.717) is 5.92 Å². The first-order valence-corrected chi connectivity index (χ1v) is 3.58. The van der Waals surface area contributed by atoms with E-state index in [0.717, 1.165) is 24.1 Å². The SMILES string of the molecule is CC1CCc2[nH][nH]c(=O)c21. The lowest BCUT2D eigenvalue weighted by Gasteiger charge is -1.94. The highest BCUT2D eigenvalue weighted by Crippen LogP contribution is 2.27. The topological polar surface area (TPSA) is 48.6 Å². The van der Waals surface area contributed by atoms with Crippen molar-refractivity contribution in [3.63, 3.8) is 0 Å². The molecule has 1 unspecified atom stereocenters. The molecule has 3 nitrogen and oxygen atoms in total. The number of hydrogen-bond donors (Lipinski definition) is 2. The lowest BCUT2D eigenvalue weighted by Crippen LogP contribution is -2.06. The molecule has 10 heavy (non-hydrogen) atoms. The summed E-state index contributed by atoms with van der Waals surface area (Å²) >= 11 is 0. The maximum absolute atomic E-state index is 11.0. The normalized spacial score (nSPS) is 23.1. The Kier molecular flexibility index (Phi) is 1.01. The molecular formula is C7H10N2O. The van der Waals surface area contributed by atoms with E-state index in [-0.39, 0.29) is 5.56 Å². The van der Waals surface area contributed by atoms with Crippen LogP contribution >= 0.6 is 0 Å². The van der Waals surface area contributed by atoms with Crippen LogP contribution in [0.3, 0.4) is 0 Å². The van der Waals surface area contributed by atoms with E-state index >= 15 is 0 Å². The molecule has 0 spiro atoms. The minimum Gasteiger partial charge on any atom is -0.302 e. The first-order valence-electron chi connectivity index (χ1n) is 3.58. The van der Waals surface area contributed by atoms with Gasteiger partial charge in [0.1, 0.15) is 0 Å². The van der Waals surface area contributed by atoms with Gasteiger partial charge in [-0.3, -0.25) is 9.89 Å². The summed E-state index contributed by atoms with van der Waals surface area (Å²) in [5, 5.41) is 5.47. The molecule has 1 atom stereocenters. The molecule has 3 heteroatoms. The second kappa shape index (κ2) is 1.75. The highest BCUT2D eigenvalue weighted by Gasteiger charge is 2.22. The zero-order valence-corrected chi connectivity index (χ0v) is 5.90. The van der Waals surface area contributed by atoms with Crippen LogP contribution in [0.2, 0.25) is 0 Å². The van der Waals surface area contributed by atoms with Crippen LogP contribution in [0.4, 0.5) is 0 Å². The van der Waals surface area contributed by atoms with Gasteiger partial charge >= 0.3 is 0 Å². The van der Waals surface area contributed by atoms with Crippen molar-refractivity contribution >= 4 is 0 Å². The number of rotatable bonds is 0. The van der Waals surface area contributed by atoms with Crippen LogP contribution in [0.1, 0.15) is 30.5 Å². The first kappa shape index (κ1) is 5.77. The second-order valence-corrected chi connectivity index (χ2v) is 2.91. The molecule has 1 heterocycles. The van der Waals surface area contributed by atoms with E-state index in [1.54, 1.807) is 0 Å². The Hall–Kier alpha value is -0.990. The molecular weight excluding hydrogens is 128 g/mol. The number of aromatic nitrogens is 2. The molecule has 2 N–H and O–H groups in total. The van der Waals surface area contributed by atoms with Crippen molar-refractivity contribution in [3.05, 3.63) is 21.6 Å². The van der Waals surface area contributed by atoms with Crippen LogP contribution in [-0.2, 0) is 6.42 Å². The molecule has 0 aliphatic heterocycles. The van der Waals surface area contributed by atoms with Crippen LogP contribution in [0, 0.1) is 0 Å². The van der Waals surface area contributed by atoms with Crippen molar-refractivity contribution in [1.29, 1.82) is 0 Å². The molecule has 0 saturated heterocycles. The van der Waals surface area contributed by atoms with E-state index in [1.807, 2.05) is 0 Å². The summed E-state index contributed by atoms with van der Waals surface area (Å²) in [7, 11) is 0. The van der Waals surface area contributed by atoms with E-state index in [2.05, 4.69) is 17.1 Å². The van der Waals surface area contributed by atoms with Crippen LogP contribution in [-0.4, -0.2) is 10.2 Å². The third kappa shape index (κ3) is 0.574. The summed E-state index contributed by atoms with van der Waals surface area (Å²) < 4.78 is 0. The Labute approximate surface area is 58.4 Å². The van der Waals surface area contributed by atoms with Gasteiger partial charge in [-0.15, -0.1) is 0 Å². The Morgan fingerprint density at radius 2 is 2.30 bits per heavy atom. The van der Waals surface area contributed by atoms with Crippen molar-refractivity contribution in [1.82, 2.24) is 10.2 Å². The number of hydrogen-bond acceptors (Lipinski definition) is 1. The third-order valence-electron chi connectivity index (χ3n) is 2.22. The second-order valence-electron chi connectivity index (χ2n) is 2.91. The minimum atomic E-state index is 0.0694. The minimum absolute atomic E-state index is 0.0694. The van der Waals surface area contributed by atoms with E-state index < -0.39 is 0 Å². The van der Waals surface area contributed by atoms with Gasteiger partial charge in [0.05, 0.1) is 0 Å². The van der Waals surface area contributed by atoms with Crippen LogP contribution in [0.25, 0.3) is 0 Å². The molecule has 0 aromatic carbocycles. The van der Waals surface area contributed by atoms with Gasteiger partial charge in [-0.2, -0.15) is 0 Å². The quantitative estimate of drug-likeness (QED) is 0.546. The van der Waals surface area contributed by atoms with Crippen molar-refractivity contribution < 1.29 is 0 Å². The first-order chi connectivity index (χ1) is 4.79. The maximum Gasteiger partial charge on any atom is 0.267 e. The number of aromatic amines is 2. The molecule has 0 amide bonds. The average molecular weight is 138 g/mol. The van der Waals surface area contributed by atoms with Crippen molar-refractivity contribution in [2.75, 3.05) is 0 Å². The Balaban J connectivity index is 2.65. The number of fused-ring (bicyclic) bond motifs is 1. The summed E-state index contributed by atoms with van der Waals surface area (Å²) in [6, 6.07) is 0. The van der Waals surface area contributed by atoms with E-state index in [4.69, 9.17) is 0 Å². The smallest absolute Gasteiger partial charge is 0.267 e. The van der Waals surface area contributed by atoms with E-state index in [9.17, 15) is 4.79 Å². The van der Waals surface area contributed by atoms with Crippen LogP contribution in [0.5, 0.6) is 0 Å². The molecule has 0 radical (unpaired) electrons. The summed E-state index contributed by atoms with van der Waals surface area (Å²) in [5.41, 5.74) is 2.15. The summed E-state index contributed by atoms with van der Waals surface area (Å²) in [6.07, 6.45) is 2.14. The Morgan fingerprint density at radius 1 is 1.50 bits per heavy atom. The van der Waals surface area contributed by atoms with Gasteiger partial charge in [0.25, 0.3) is 5.56 Å². The molecule has 0 fully saturated rings. The fourth-order valence-electron chi connectivity index (χ4n) is 1.63. The van der Waals surface area contributed by atoms with Gasteiger partial charge in [-0.25, -0.2) is 0 Å². The Bertz CT molecular complexity index is 297. The summed E-state index contributed by atoms with van der Waals surface area (Å²) in [6.45, 7) is 2.09. The van der Waals surface area contributed by atoms with Gasteiger partial charge in [0.2, 0.25) is 0 Å². The van der Waals surface area contributed by atoms with Crippen LogP contribution < -0.4 is 5.56 Å². The van der Waals surface area contributed by atoms with Gasteiger partial charge in [-0.05, 0) is 18.8 Å². The largest absolute Gasteiger partial charge is 0.302 e. The molecule has 1 aromatic rings.